The van der Waals surface area contributed by atoms with Crippen molar-refractivity contribution in [3.63, 3.8) is 0 Å². The predicted octanol–water partition coefficient (Wildman–Crippen LogP) is 3.22. The van der Waals surface area contributed by atoms with E-state index in [-0.39, 0.29) is 0 Å². The molecular weight excluding hydrogens is 253 g/mol. The van der Waals surface area contributed by atoms with Gasteiger partial charge in [-0.3, -0.25) is 10.1 Å². The average Bonchev–Trinajstić information content (AvgIpc) is 2.14. The zero-order valence-corrected chi connectivity index (χ0v) is 7.87. The van der Waals surface area contributed by atoms with Gasteiger partial charge in [0.2, 0.25) is 0 Å². The molecule has 9 heteroatoms. The number of hydrogen-bond donors (Lipinski definition) is 0. The average molecular weight is 257 g/mol. The highest BCUT2D eigenvalue weighted by molar-refractivity contribution is 5.51. The minimum Gasteiger partial charge on any atom is -0.434 e. The molecule has 0 aromatic heterocycles. The van der Waals surface area contributed by atoms with Crippen molar-refractivity contribution >= 4 is 5.69 Å². The maximum atomic E-state index is 12.5. The van der Waals surface area contributed by atoms with Gasteiger partial charge in [-0.1, -0.05) is 6.07 Å². The van der Waals surface area contributed by atoms with Crippen molar-refractivity contribution in [2.24, 2.45) is 0 Å². The van der Waals surface area contributed by atoms with Gasteiger partial charge in [0.25, 0.3) is 5.69 Å². The monoisotopic (exact) mass is 257 g/mol. The molecule has 0 aliphatic heterocycles. The van der Waals surface area contributed by atoms with E-state index in [0.717, 1.165) is 6.07 Å². The lowest BCUT2D eigenvalue weighted by Crippen LogP contribution is -2.13. The first-order valence-corrected chi connectivity index (χ1v) is 4.03. The van der Waals surface area contributed by atoms with Gasteiger partial charge in [0.1, 0.15) is 5.75 Å². The van der Waals surface area contributed by atoms with Crippen LogP contribution in [0.15, 0.2) is 18.2 Å². The summed E-state index contributed by atoms with van der Waals surface area (Å²) >= 11 is 0. The highest BCUT2D eigenvalue weighted by Crippen LogP contribution is 2.42. The number of rotatable bonds is 3. The second-order valence-corrected chi connectivity index (χ2v) is 2.78. The zero-order valence-electron chi connectivity index (χ0n) is 7.87. The highest BCUT2D eigenvalue weighted by atomic mass is 19.4. The molecular formula is C8H4F5NO3. The zero-order chi connectivity index (χ0) is 13.2. The van der Waals surface area contributed by atoms with Crippen LogP contribution in [-0.4, -0.2) is 11.5 Å². The Morgan fingerprint density at radius 1 is 1.29 bits per heavy atom. The fourth-order valence-corrected chi connectivity index (χ4v) is 1.15. The largest absolute Gasteiger partial charge is 0.434 e. The maximum absolute atomic E-state index is 12.5. The number of hydrogen-bond acceptors (Lipinski definition) is 3. The molecule has 0 N–H and O–H groups in total. The quantitative estimate of drug-likeness (QED) is 0.474. The molecule has 1 rings (SSSR count). The van der Waals surface area contributed by atoms with Crippen LogP contribution in [0, 0.1) is 10.1 Å². The number of nitro benzene ring substituents is 1. The van der Waals surface area contributed by atoms with E-state index >= 15 is 0 Å². The van der Waals surface area contributed by atoms with E-state index in [1.807, 2.05) is 0 Å². The molecule has 0 heterocycles. The van der Waals surface area contributed by atoms with Crippen molar-refractivity contribution in [2.75, 3.05) is 0 Å². The number of nitro groups is 1. The minimum atomic E-state index is -5.16. The van der Waals surface area contributed by atoms with E-state index in [4.69, 9.17) is 0 Å². The van der Waals surface area contributed by atoms with E-state index in [0.29, 0.717) is 12.1 Å². The lowest BCUT2D eigenvalue weighted by Gasteiger charge is -2.12. The Morgan fingerprint density at radius 2 is 1.88 bits per heavy atom. The molecule has 0 amide bonds. The number of halogens is 5. The molecule has 0 unspecified atom stereocenters. The molecule has 17 heavy (non-hydrogen) atoms. The molecule has 0 aliphatic rings. The van der Waals surface area contributed by atoms with Crippen LogP contribution in [0.3, 0.4) is 0 Å². The van der Waals surface area contributed by atoms with Crippen LogP contribution in [0.4, 0.5) is 27.6 Å². The fourth-order valence-electron chi connectivity index (χ4n) is 1.15. The lowest BCUT2D eigenvalue weighted by molar-refractivity contribution is -0.388. The van der Waals surface area contributed by atoms with Crippen LogP contribution < -0.4 is 4.74 Å². The summed E-state index contributed by atoms with van der Waals surface area (Å²) in [5.74, 6) is -1.28. The smallest absolute Gasteiger partial charge is 0.426 e. The van der Waals surface area contributed by atoms with Crippen molar-refractivity contribution in [3.05, 3.63) is 33.9 Å². The van der Waals surface area contributed by atoms with E-state index < -0.39 is 34.7 Å². The molecule has 0 fully saturated rings. The summed E-state index contributed by atoms with van der Waals surface area (Å²) < 4.78 is 64.8. The van der Waals surface area contributed by atoms with Crippen molar-refractivity contribution in [1.29, 1.82) is 0 Å². The Kier molecular flexibility index (Phi) is 3.49. The van der Waals surface area contributed by atoms with Gasteiger partial charge in [0, 0.05) is 6.07 Å². The van der Waals surface area contributed by atoms with E-state index in [9.17, 15) is 32.1 Å². The molecule has 0 saturated heterocycles. The molecule has 94 valence electrons. The summed E-state index contributed by atoms with van der Waals surface area (Å²) in [6, 6.07) is 1.97. The van der Waals surface area contributed by atoms with E-state index in [2.05, 4.69) is 4.74 Å². The molecule has 1 aromatic carbocycles. The van der Waals surface area contributed by atoms with Gasteiger partial charge in [-0.2, -0.15) is 22.0 Å². The predicted molar refractivity (Wildman–Crippen MR) is 44.7 cm³/mol. The van der Waals surface area contributed by atoms with Gasteiger partial charge >= 0.3 is 12.8 Å². The van der Waals surface area contributed by atoms with Gasteiger partial charge in [0.15, 0.2) is 5.56 Å². The summed E-state index contributed by atoms with van der Waals surface area (Å²) in [7, 11) is 0. The summed E-state index contributed by atoms with van der Waals surface area (Å²) in [6.45, 7) is -3.50. The van der Waals surface area contributed by atoms with Crippen molar-refractivity contribution in [3.8, 4) is 5.75 Å². The summed E-state index contributed by atoms with van der Waals surface area (Å²) in [5.41, 5.74) is -3.17. The molecule has 0 aliphatic carbocycles. The Labute approximate surface area is 90.8 Å². The first kappa shape index (κ1) is 13.1. The normalized spacial score (nSPS) is 11.6. The Hall–Kier alpha value is -1.93. The third-order valence-electron chi connectivity index (χ3n) is 1.70. The third-order valence-corrected chi connectivity index (χ3v) is 1.70. The third kappa shape index (κ3) is 3.02. The van der Waals surface area contributed by atoms with Crippen LogP contribution >= 0.6 is 0 Å². The van der Waals surface area contributed by atoms with Gasteiger partial charge in [-0.25, -0.2) is 0 Å². The molecule has 0 radical (unpaired) electrons. The topological polar surface area (TPSA) is 52.4 Å². The second kappa shape index (κ2) is 4.52. The molecule has 0 bridgehead atoms. The first-order chi connectivity index (χ1) is 7.73. The summed E-state index contributed by atoms with van der Waals surface area (Å²) in [6.07, 6.45) is -5.16. The van der Waals surface area contributed by atoms with Crippen molar-refractivity contribution < 1.29 is 31.6 Å². The molecule has 1 aromatic rings. The van der Waals surface area contributed by atoms with Crippen molar-refractivity contribution in [1.82, 2.24) is 0 Å². The van der Waals surface area contributed by atoms with Gasteiger partial charge in [0.05, 0.1) is 4.92 Å². The molecule has 0 atom stereocenters. The maximum Gasteiger partial charge on any atom is 0.426 e. The lowest BCUT2D eigenvalue weighted by atomic mass is 10.1. The molecule has 4 nitrogen and oxygen atoms in total. The second-order valence-electron chi connectivity index (χ2n) is 2.78. The standard InChI is InChI=1S/C8H4F5NO3/c9-7(10)17-5-3-1-2-4(14(15)16)6(5)8(11,12)13/h1-3,7H. The number of ether oxygens (including phenoxy) is 1. The fraction of sp³-hybridized carbons (Fsp3) is 0.250. The van der Waals surface area contributed by atoms with Crippen LogP contribution in [0.25, 0.3) is 0 Å². The van der Waals surface area contributed by atoms with Gasteiger partial charge in [-0.05, 0) is 6.07 Å². The summed E-state index contributed by atoms with van der Waals surface area (Å²) in [4.78, 5) is 9.05. The van der Waals surface area contributed by atoms with E-state index in [1.165, 1.54) is 0 Å². The van der Waals surface area contributed by atoms with Crippen LogP contribution in [-0.2, 0) is 6.18 Å². The molecule has 0 saturated carbocycles. The number of benzene rings is 1. The number of alkyl halides is 5. The van der Waals surface area contributed by atoms with Crippen LogP contribution in [0.2, 0.25) is 0 Å². The SMILES string of the molecule is O=[N+]([O-])c1cccc(OC(F)F)c1C(F)(F)F. The van der Waals surface area contributed by atoms with Gasteiger partial charge in [-0.15, -0.1) is 0 Å². The summed E-state index contributed by atoms with van der Waals surface area (Å²) in [5, 5.41) is 10.4. The minimum absolute atomic E-state index is 0.557. The highest BCUT2D eigenvalue weighted by Gasteiger charge is 2.42. The van der Waals surface area contributed by atoms with Gasteiger partial charge < -0.3 is 4.74 Å². The van der Waals surface area contributed by atoms with Crippen LogP contribution in [0.5, 0.6) is 5.75 Å². The Bertz CT molecular complexity index is 432. The molecule has 0 spiro atoms. The first-order valence-electron chi connectivity index (χ1n) is 4.03. The van der Waals surface area contributed by atoms with E-state index in [1.54, 1.807) is 0 Å². The Balaban J connectivity index is 3.40. The van der Waals surface area contributed by atoms with Crippen molar-refractivity contribution in [2.45, 2.75) is 12.8 Å². The van der Waals surface area contributed by atoms with Crippen LogP contribution in [0.1, 0.15) is 5.56 Å². The number of nitrogens with zero attached hydrogens (tertiary/aromatic N) is 1. The Morgan fingerprint density at radius 3 is 2.29 bits per heavy atom.